The lowest BCUT2D eigenvalue weighted by Gasteiger charge is -2.05. The van der Waals surface area contributed by atoms with E-state index < -0.39 is 16.6 Å². The first-order valence-electron chi connectivity index (χ1n) is 2.94. The summed E-state index contributed by atoms with van der Waals surface area (Å²) in [6.45, 7) is -0.364. The molecule has 0 amide bonds. The van der Waals surface area contributed by atoms with E-state index in [1.807, 2.05) is 0 Å². The van der Waals surface area contributed by atoms with Crippen molar-refractivity contribution in [3.05, 3.63) is 20.4 Å². The monoisotopic (exact) mass is 158 g/mol. The van der Waals surface area contributed by atoms with Gasteiger partial charge in [0, 0.05) is 0 Å². The summed E-state index contributed by atoms with van der Waals surface area (Å²) in [7, 11) is 0. The molecule has 0 heterocycles. The molecule has 1 rings (SSSR count). The van der Waals surface area contributed by atoms with Crippen molar-refractivity contribution in [2.75, 3.05) is 13.2 Å². The second kappa shape index (κ2) is 2.71. The second-order valence-corrected chi connectivity index (χ2v) is 1.91. The summed E-state index contributed by atoms with van der Waals surface area (Å²) in [6.07, 6.45) is 0. The molecule has 60 valence electrons. The third-order valence-corrected chi connectivity index (χ3v) is 1.18. The van der Waals surface area contributed by atoms with Crippen molar-refractivity contribution < 1.29 is 14.9 Å². The van der Waals surface area contributed by atoms with Gasteiger partial charge in [-0.3, -0.25) is 9.59 Å². The van der Waals surface area contributed by atoms with Gasteiger partial charge in [-0.1, -0.05) is 0 Å². The maximum Gasteiger partial charge on any atom is 0.275 e. The standard InChI is InChI=1S/C6H6O5/c7-1-2-11-6-4(9)3(8)5(6)10/h7,9H,1-2H2. The highest BCUT2D eigenvalue weighted by Crippen LogP contribution is 2.16. The fourth-order valence-electron chi connectivity index (χ4n) is 0.640. The maximum absolute atomic E-state index is 10.5. The zero-order chi connectivity index (χ0) is 8.43. The van der Waals surface area contributed by atoms with E-state index in [4.69, 9.17) is 10.2 Å². The summed E-state index contributed by atoms with van der Waals surface area (Å²) < 4.78 is 4.53. The molecule has 0 unspecified atom stereocenters. The SMILES string of the molecule is O=c1c(O)c(OCCO)c1=O. The van der Waals surface area contributed by atoms with E-state index in [0.29, 0.717) is 0 Å². The molecule has 1 aromatic carbocycles. The van der Waals surface area contributed by atoms with Crippen LogP contribution in [0.4, 0.5) is 0 Å². The zero-order valence-corrected chi connectivity index (χ0v) is 5.53. The number of hydrogen-bond acceptors (Lipinski definition) is 5. The van der Waals surface area contributed by atoms with Crippen molar-refractivity contribution in [3.8, 4) is 11.5 Å². The Kier molecular flexibility index (Phi) is 1.91. The Bertz CT molecular complexity index is 319. The molecule has 2 N–H and O–H groups in total. The van der Waals surface area contributed by atoms with Gasteiger partial charge in [0.1, 0.15) is 6.61 Å². The van der Waals surface area contributed by atoms with Crippen LogP contribution < -0.4 is 15.6 Å². The Morgan fingerprint density at radius 2 is 1.91 bits per heavy atom. The van der Waals surface area contributed by atoms with Crippen molar-refractivity contribution in [1.82, 2.24) is 0 Å². The van der Waals surface area contributed by atoms with Gasteiger partial charge in [-0.15, -0.1) is 0 Å². The van der Waals surface area contributed by atoms with Gasteiger partial charge < -0.3 is 14.9 Å². The summed E-state index contributed by atoms with van der Waals surface area (Å²) in [6, 6.07) is 0. The second-order valence-electron chi connectivity index (χ2n) is 1.91. The van der Waals surface area contributed by atoms with E-state index in [-0.39, 0.29) is 19.0 Å². The fraction of sp³-hybridized carbons (Fsp3) is 0.333. The normalized spacial score (nSPS) is 10.3. The number of aliphatic hydroxyl groups excluding tert-OH is 1. The molecular weight excluding hydrogens is 152 g/mol. The fourth-order valence-corrected chi connectivity index (χ4v) is 0.640. The quantitative estimate of drug-likeness (QED) is 0.515. The van der Waals surface area contributed by atoms with Crippen LogP contribution in [0.3, 0.4) is 0 Å². The Labute approximate surface area is 61.2 Å². The number of rotatable bonds is 3. The van der Waals surface area contributed by atoms with Crippen molar-refractivity contribution in [2.45, 2.75) is 0 Å². The van der Waals surface area contributed by atoms with Crippen LogP contribution >= 0.6 is 0 Å². The summed E-state index contributed by atoms with van der Waals surface area (Å²) in [4.78, 5) is 20.8. The first kappa shape index (κ1) is 7.74. The Morgan fingerprint density at radius 3 is 2.36 bits per heavy atom. The van der Waals surface area contributed by atoms with Gasteiger partial charge in [0.05, 0.1) is 6.61 Å². The lowest BCUT2D eigenvalue weighted by Crippen LogP contribution is -2.32. The van der Waals surface area contributed by atoms with E-state index in [9.17, 15) is 9.59 Å². The van der Waals surface area contributed by atoms with Crippen molar-refractivity contribution in [1.29, 1.82) is 0 Å². The minimum Gasteiger partial charge on any atom is -0.501 e. The van der Waals surface area contributed by atoms with Gasteiger partial charge in [-0.25, -0.2) is 0 Å². The first-order chi connectivity index (χ1) is 5.18. The highest BCUT2D eigenvalue weighted by Gasteiger charge is 2.21. The van der Waals surface area contributed by atoms with Crippen molar-refractivity contribution >= 4 is 0 Å². The largest absolute Gasteiger partial charge is 0.501 e. The van der Waals surface area contributed by atoms with Crippen LogP contribution in [0.15, 0.2) is 9.59 Å². The Morgan fingerprint density at radius 1 is 1.27 bits per heavy atom. The molecule has 0 saturated heterocycles. The van der Waals surface area contributed by atoms with Gasteiger partial charge in [0.2, 0.25) is 11.5 Å². The number of ether oxygens (including phenoxy) is 1. The summed E-state index contributed by atoms with van der Waals surface area (Å²) in [5.41, 5.74) is -1.77. The molecule has 5 nitrogen and oxygen atoms in total. The Balaban J connectivity index is 2.75. The lowest BCUT2D eigenvalue weighted by molar-refractivity contribution is 0.193. The van der Waals surface area contributed by atoms with Crippen LogP contribution in [0.2, 0.25) is 0 Å². The molecular formula is C6H6O5. The van der Waals surface area contributed by atoms with Gasteiger partial charge in [-0.05, 0) is 0 Å². The van der Waals surface area contributed by atoms with Crippen LogP contribution in [0.25, 0.3) is 0 Å². The molecule has 0 aliphatic heterocycles. The summed E-state index contributed by atoms with van der Waals surface area (Å²) in [5, 5.41) is 16.9. The molecule has 1 aromatic rings. The molecule has 0 aliphatic rings. The Hall–Kier alpha value is -1.36. The number of hydrogen-bond donors (Lipinski definition) is 2. The van der Waals surface area contributed by atoms with Crippen LogP contribution in [0.5, 0.6) is 11.5 Å². The van der Waals surface area contributed by atoms with E-state index in [0.717, 1.165) is 0 Å². The minimum absolute atomic E-state index is 0.0988. The molecule has 0 atom stereocenters. The first-order valence-corrected chi connectivity index (χ1v) is 2.94. The predicted molar refractivity (Wildman–Crippen MR) is 35.6 cm³/mol. The van der Waals surface area contributed by atoms with Crippen molar-refractivity contribution in [2.24, 2.45) is 0 Å². The molecule has 0 bridgehead atoms. The molecule has 5 heteroatoms. The summed E-state index contributed by atoms with van der Waals surface area (Å²) >= 11 is 0. The highest BCUT2D eigenvalue weighted by molar-refractivity contribution is 5.44. The van der Waals surface area contributed by atoms with E-state index in [1.54, 1.807) is 0 Å². The van der Waals surface area contributed by atoms with Gasteiger partial charge in [-0.2, -0.15) is 0 Å². The average molecular weight is 158 g/mol. The zero-order valence-electron chi connectivity index (χ0n) is 5.53. The average Bonchev–Trinajstić information content (AvgIpc) is 2.04. The smallest absolute Gasteiger partial charge is 0.275 e. The lowest BCUT2D eigenvalue weighted by atomic mass is 10.2. The van der Waals surface area contributed by atoms with Crippen LogP contribution in [-0.2, 0) is 0 Å². The summed E-state index contributed by atoms with van der Waals surface area (Å²) in [5.74, 6) is -0.993. The minimum atomic E-state index is -0.932. The topological polar surface area (TPSA) is 83.8 Å². The molecule has 0 saturated carbocycles. The van der Waals surface area contributed by atoms with Crippen LogP contribution in [-0.4, -0.2) is 23.4 Å². The van der Waals surface area contributed by atoms with Crippen LogP contribution in [0, 0.1) is 0 Å². The molecule has 0 aliphatic carbocycles. The third kappa shape index (κ3) is 1.10. The van der Waals surface area contributed by atoms with Gasteiger partial charge in [0.15, 0.2) is 0 Å². The van der Waals surface area contributed by atoms with E-state index in [2.05, 4.69) is 4.74 Å². The van der Waals surface area contributed by atoms with Crippen molar-refractivity contribution in [3.63, 3.8) is 0 Å². The van der Waals surface area contributed by atoms with E-state index >= 15 is 0 Å². The molecule has 0 radical (unpaired) electrons. The molecule has 0 aromatic heterocycles. The predicted octanol–water partition coefficient (Wildman–Crippen LogP) is -1.64. The number of aliphatic hydroxyl groups is 1. The molecule has 0 fully saturated rings. The number of aromatic hydroxyl groups is 1. The van der Waals surface area contributed by atoms with Gasteiger partial charge in [0.25, 0.3) is 10.9 Å². The maximum atomic E-state index is 10.5. The highest BCUT2D eigenvalue weighted by atomic mass is 16.5. The van der Waals surface area contributed by atoms with Gasteiger partial charge >= 0.3 is 0 Å². The molecule has 11 heavy (non-hydrogen) atoms. The molecule has 0 spiro atoms. The van der Waals surface area contributed by atoms with Crippen LogP contribution in [0.1, 0.15) is 0 Å². The third-order valence-electron chi connectivity index (χ3n) is 1.18. The van der Waals surface area contributed by atoms with E-state index in [1.165, 1.54) is 0 Å².